The van der Waals surface area contributed by atoms with Crippen LogP contribution in [0, 0.1) is 11.8 Å². The smallest absolute Gasteiger partial charge is 0.353 e. The Morgan fingerprint density at radius 1 is 1.39 bits per heavy atom. The largest absolute Gasteiger partial charge is 0.477 e. The Kier molecular flexibility index (Phi) is 6.35. The Bertz CT molecular complexity index is 803. The molecule has 9 nitrogen and oxygen atoms in total. The summed E-state index contributed by atoms with van der Waals surface area (Å²) in [4.78, 5) is 40.7. The number of aliphatic hydroxyl groups is 1. The van der Waals surface area contributed by atoms with Crippen molar-refractivity contribution in [1.82, 2.24) is 15.1 Å². The van der Waals surface area contributed by atoms with Gasteiger partial charge in [-0.15, -0.1) is 11.8 Å². The normalized spacial score (nSPS) is 36.1. The van der Waals surface area contributed by atoms with Crippen molar-refractivity contribution in [3.63, 3.8) is 0 Å². The van der Waals surface area contributed by atoms with Gasteiger partial charge in [0, 0.05) is 54.2 Å². The average Bonchev–Trinajstić information content (AvgIpc) is 3.39. The molecule has 0 bridgehead atoms. The van der Waals surface area contributed by atoms with Gasteiger partial charge in [0.2, 0.25) is 11.8 Å². The molecular formula is C21H32N4O5S. The lowest BCUT2D eigenvalue weighted by molar-refractivity contribution is -0.163. The molecule has 172 valence electrons. The van der Waals surface area contributed by atoms with E-state index in [0.29, 0.717) is 13.0 Å². The number of amides is 2. The maximum atomic E-state index is 12.5. The molecule has 31 heavy (non-hydrogen) atoms. The van der Waals surface area contributed by atoms with Gasteiger partial charge in [-0.05, 0) is 26.2 Å². The lowest BCUT2D eigenvalue weighted by Gasteiger charge is -2.46. The van der Waals surface area contributed by atoms with Crippen LogP contribution in [0.15, 0.2) is 10.6 Å². The third-order valence-corrected chi connectivity index (χ3v) is 8.58. The van der Waals surface area contributed by atoms with Crippen LogP contribution in [-0.4, -0.2) is 86.9 Å². The summed E-state index contributed by atoms with van der Waals surface area (Å²) in [5, 5.41) is 23.4. The van der Waals surface area contributed by atoms with Gasteiger partial charge in [-0.25, -0.2) is 4.79 Å². The summed E-state index contributed by atoms with van der Waals surface area (Å²) < 4.78 is 0. The summed E-state index contributed by atoms with van der Waals surface area (Å²) in [5.74, 6) is -1.90. The van der Waals surface area contributed by atoms with Crippen molar-refractivity contribution < 1.29 is 24.6 Å². The van der Waals surface area contributed by atoms with Gasteiger partial charge in [0.25, 0.3) is 0 Å². The number of carboxylic acids is 1. The molecule has 0 radical (unpaired) electrons. The number of nitrogens with zero attached hydrogens (tertiary/aromatic N) is 2. The van der Waals surface area contributed by atoms with E-state index in [4.69, 9.17) is 5.73 Å². The van der Waals surface area contributed by atoms with Gasteiger partial charge in [-0.3, -0.25) is 9.59 Å². The van der Waals surface area contributed by atoms with Crippen molar-refractivity contribution in [1.29, 1.82) is 0 Å². The summed E-state index contributed by atoms with van der Waals surface area (Å²) >= 11 is 1.54. The summed E-state index contributed by atoms with van der Waals surface area (Å²) in [6.45, 7) is 5.64. The zero-order chi connectivity index (χ0) is 22.4. The number of β-lactam (4-membered cyclic amide) rings is 1. The van der Waals surface area contributed by atoms with Gasteiger partial charge in [-0.2, -0.15) is 0 Å². The molecule has 3 saturated heterocycles. The maximum Gasteiger partial charge on any atom is 0.353 e. The fraction of sp³-hybridized carbons (Fsp3) is 0.762. The number of likely N-dealkylation sites (tertiary alicyclic amines) is 1. The number of nitrogens with two attached hydrogens (primary N) is 1. The highest BCUT2D eigenvalue weighted by molar-refractivity contribution is 8.03. The average molecular weight is 453 g/mol. The molecule has 4 aliphatic heterocycles. The zero-order valence-electron chi connectivity index (χ0n) is 18.0. The summed E-state index contributed by atoms with van der Waals surface area (Å²) in [6.07, 6.45) is 2.15. The van der Waals surface area contributed by atoms with E-state index in [2.05, 4.69) is 5.32 Å². The first-order valence-electron chi connectivity index (χ1n) is 11.1. The first-order chi connectivity index (χ1) is 14.7. The fourth-order valence-corrected chi connectivity index (χ4v) is 6.94. The predicted octanol–water partition coefficient (Wildman–Crippen LogP) is -0.0564. The van der Waals surface area contributed by atoms with Crippen LogP contribution in [0.25, 0.3) is 0 Å². The molecule has 0 aromatic heterocycles. The van der Waals surface area contributed by atoms with Crippen LogP contribution in [0.5, 0.6) is 0 Å². The topological polar surface area (TPSA) is 136 Å². The lowest BCUT2D eigenvalue weighted by atomic mass is 9.79. The van der Waals surface area contributed by atoms with E-state index in [1.165, 1.54) is 16.7 Å². The number of aliphatic hydroxyl groups excluding tert-OH is 1. The van der Waals surface area contributed by atoms with Crippen LogP contribution in [0.3, 0.4) is 0 Å². The van der Waals surface area contributed by atoms with Gasteiger partial charge in [0.15, 0.2) is 0 Å². The van der Waals surface area contributed by atoms with Crippen molar-refractivity contribution in [2.24, 2.45) is 17.6 Å². The van der Waals surface area contributed by atoms with E-state index in [1.807, 2.05) is 11.8 Å². The molecule has 4 aliphatic rings. The molecule has 2 amide bonds. The summed E-state index contributed by atoms with van der Waals surface area (Å²) in [5.41, 5.74) is 5.96. The number of carboxylic acid groups (broad SMARTS) is 1. The molecule has 0 spiro atoms. The van der Waals surface area contributed by atoms with Crippen LogP contribution in [0.4, 0.5) is 0 Å². The maximum absolute atomic E-state index is 12.5. The number of nitrogens with one attached hydrogen (secondary N) is 1. The minimum absolute atomic E-state index is 0.0772. The number of carbonyl (C=O) groups is 3. The van der Waals surface area contributed by atoms with Crippen molar-refractivity contribution in [2.45, 2.75) is 69.0 Å². The Hall–Kier alpha value is -1.62. The van der Waals surface area contributed by atoms with Crippen molar-refractivity contribution in [3.8, 4) is 0 Å². The molecule has 3 fully saturated rings. The number of thioether (sulfide) groups is 1. The van der Waals surface area contributed by atoms with Crippen LogP contribution in [0.1, 0.15) is 39.5 Å². The first-order valence-corrected chi connectivity index (χ1v) is 12.0. The molecular weight excluding hydrogens is 420 g/mol. The minimum atomic E-state index is -1.09. The van der Waals surface area contributed by atoms with E-state index in [9.17, 15) is 24.6 Å². The van der Waals surface area contributed by atoms with E-state index in [1.54, 1.807) is 6.92 Å². The Balaban J connectivity index is 1.34. The Morgan fingerprint density at radius 3 is 2.74 bits per heavy atom. The highest BCUT2D eigenvalue weighted by Gasteiger charge is 2.60. The van der Waals surface area contributed by atoms with Gasteiger partial charge in [-0.1, -0.05) is 6.92 Å². The number of carbonyl (C=O) groups excluding carboxylic acids is 2. The van der Waals surface area contributed by atoms with Crippen molar-refractivity contribution in [3.05, 3.63) is 10.6 Å². The van der Waals surface area contributed by atoms with Crippen LogP contribution >= 0.6 is 11.8 Å². The second-order valence-corrected chi connectivity index (χ2v) is 10.6. The third-order valence-electron chi connectivity index (χ3n) is 7.07. The van der Waals surface area contributed by atoms with E-state index < -0.39 is 18.0 Å². The minimum Gasteiger partial charge on any atom is -0.477 e. The highest BCUT2D eigenvalue weighted by atomic mass is 32.2. The van der Waals surface area contributed by atoms with Crippen LogP contribution in [-0.2, 0) is 14.4 Å². The quantitative estimate of drug-likeness (QED) is 0.395. The fourth-order valence-electron chi connectivity index (χ4n) is 5.42. The molecule has 7 atom stereocenters. The molecule has 0 unspecified atom stereocenters. The third kappa shape index (κ3) is 4.10. The van der Waals surface area contributed by atoms with E-state index in [-0.39, 0.29) is 46.8 Å². The second kappa shape index (κ2) is 8.73. The molecule has 0 aromatic carbocycles. The monoisotopic (exact) mass is 452 g/mol. The van der Waals surface area contributed by atoms with Gasteiger partial charge in [0.1, 0.15) is 5.70 Å². The van der Waals surface area contributed by atoms with Crippen molar-refractivity contribution >= 4 is 29.5 Å². The van der Waals surface area contributed by atoms with Crippen LogP contribution < -0.4 is 11.1 Å². The van der Waals surface area contributed by atoms with Crippen LogP contribution in [0.2, 0.25) is 0 Å². The molecule has 5 N–H and O–H groups in total. The number of hydrogen-bond donors (Lipinski definition) is 4. The lowest BCUT2D eigenvalue weighted by Crippen LogP contribution is -2.63. The summed E-state index contributed by atoms with van der Waals surface area (Å²) in [6, 6.07) is 0.0219. The SMILES string of the molecule is C[C@@H](O)[C@H]1C(=O)N2C(C(=O)O)=C(S[C@@H]3CN[C@H](CCC(=O)N4CC[C@H](N)C4)C3)[C@H](C)[C@H]12. The number of rotatable bonds is 7. The summed E-state index contributed by atoms with van der Waals surface area (Å²) in [7, 11) is 0. The standard InChI is InChI=1S/C21H32N4O5S/c1-10-17-16(11(2)26)20(28)25(17)18(21(29)30)19(10)31-14-7-13(23-8-14)3-4-15(27)24-6-5-12(22)9-24/h10-14,16-17,23,26H,3-9,22H2,1-2H3,(H,29,30)/t10-,11-,12+,13-,14+,16-,17-/m1/s1. The Morgan fingerprint density at radius 2 is 2.13 bits per heavy atom. The molecule has 0 saturated carbocycles. The highest BCUT2D eigenvalue weighted by Crippen LogP contribution is 2.51. The van der Waals surface area contributed by atoms with Gasteiger partial charge in [0.05, 0.1) is 18.1 Å². The predicted molar refractivity (Wildman–Crippen MR) is 116 cm³/mol. The molecule has 0 aliphatic carbocycles. The molecule has 4 rings (SSSR count). The number of aliphatic carboxylic acids is 1. The zero-order valence-corrected chi connectivity index (χ0v) is 18.8. The van der Waals surface area contributed by atoms with Crippen molar-refractivity contribution in [2.75, 3.05) is 19.6 Å². The van der Waals surface area contributed by atoms with E-state index >= 15 is 0 Å². The first kappa shape index (κ1) is 22.6. The van der Waals surface area contributed by atoms with Gasteiger partial charge >= 0.3 is 5.97 Å². The van der Waals surface area contributed by atoms with Gasteiger partial charge < -0.3 is 31.1 Å². The number of fused-ring (bicyclic) bond motifs is 1. The second-order valence-electron chi connectivity index (χ2n) is 9.28. The molecule has 10 heteroatoms. The molecule has 0 aromatic rings. The number of hydrogen-bond acceptors (Lipinski definition) is 7. The van der Waals surface area contributed by atoms with E-state index in [0.717, 1.165) is 37.3 Å². The Labute approximate surface area is 186 Å². The molecule has 4 heterocycles.